The summed E-state index contributed by atoms with van der Waals surface area (Å²) < 4.78 is 19.5. The van der Waals surface area contributed by atoms with E-state index in [1.54, 1.807) is 17.9 Å². The van der Waals surface area contributed by atoms with Crippen LogP contribution in [0.1, 0.15) is 54.2 Å². The maximum absolute atomic E-state index is 6.08. The third kappa shape index (κ3) is 12.1. The molecule has 74 heavy (non-hydrogen) atoms. The first-order valence-corrected chi connectivity index (χ1v) is 29.3. The molecule has 0 N–H and O–H groups in total. The van der Waals surface area contributed by atoms with Gasteiger partial charge in [-0.2, -0.15) is 0 Å². The summed E-state index contributed by atoms with van der Waals surface area (Å²) in [4.78, 5) is 0. The number of hydrogen-bond acceptors (Lipinski definition) is 2. The van der Waals surface area contributed by atoms with Crippen molar-refractivity contribution in [2.45, 2.75) is 20.8 Å². The summed E-state index contributed by atoms with van der Waals surface area (Å²) in [6.45, 7) is 8.64. The maximum atomic E-state index is 6.08. The molecule has 2 aliphatic heterocycles. The van der Waals surface area contributed by atoms with Crippen molar-refractivity contribution in [1.82, 2.24) is 0 Å². The van der Waals surface area contributed by atoms with Crippen LogP contribution in [0.3, 0.4) is 0 Å². The summed E-state index contributed by atoms with van der Waals surface area (Å²) in [6, 6.07) is 68.6. The third-order valence-corrected chi connectivity index (χ3v) is 19.8. The first-order chi connectivity index (χ1) is 36.4. The van der Waals surface area contributed by atoms with Gasteiger partial charge in [-0.1, -0.05) is 48.6 Å². The van der Waals surface area contributed by atoms with Crippen LogP contribution in [-0.4, -0.2) is 26.4 Å². The normalized spacial score (nSPS) is 16.9. The van der Waals surface area contributed by atoms with Gasteiger partial charge < -0.3 is 0 Å². The second-order valence-corrected chi connectivity index (χ2v) is 22.8. The number of benzene rings is 7. The summed E-state index contributed by atoms with van der Waals surface area (Å²) in [5, 5.41) is 5.08. The van der Waals surface area contributed by atoms with Crippen LogP contribution in [0.15, 0.2) is 258 Å². The van der Waals surface area contributed by atoms with Crippen LogP contribution in [0.2, 0.25) is 0 Å². The molecule has 7 aromatic rings. The van der Waals surface area contributed by atoms with Crippen molar-refractivity contribution in [1.29, 1.82) is 0 Å². The van der Waals surface area contributed by atoms with Gasteiger partial charge in [-0.3, -0.25) is 0 Å². The quantitative estimate of drug-likeness (QED) is 0.0798. The average molecular weight is 1330 g/mol. The van der Waals surface area contributed by atoms with E-state index in [1.807, 2.05) is 24.9 Å². The van der Waals surface area contributed by atoms with Gasteiger partial charge in [0.1, 0.15) is 0 Å². The van der Waals surface area contributed by atoms with Crippen molar-refractivity contribution in [3.05, 3.63) is 291 Å². The summed E-state index contributed by atoms with van der Waals surface area (Å²) in [7, 11) is -2.47. The average Bonchev–Trinajstić information content (AvgIpc) is 4.13. The second-order valence-electron chi connectivity index (χ2n) is 18.2. The number of allylic oxidation sites excluding steroid dienone is 10. The molecule has 0 amide bonds. The molecule has 0 bridgehead atoms. The molecule has 2 fully saturated rings. The molecule has 2 aliphatic rings. The van der Waals surface area contributed by atoms with Crippen molar-refractivity contribution in [3.63, 3.8) is 0 Å². The molecule has 0 radical (unpaired) electrons. The van der Waals surface area contributed by atoms with Crippen LogP contribution < -0.4 is 15.9 Å². The predicted octanol–water partition coefficient (Wildman–Crippen LogP) is 15.5. The minimum atomic E-state index is -2.47. The Morgan fingerprint density at radius 3 is 1.30 bits per heavy atom. The molecule has 0 atom stereocenters. The first kappa shape index (κ1) is 52.3. The molecule has 2 heterocycles. The predicted molar refractivity (Wildman–Crippen MR) is 310 cm³/mol. The molecule has 0 aromatic heterocycles. The van der Waals surface area contributed by atoms with E-state index in [0.29, 0.717) is 26.4 Å². The van der Waals surface area contributed by atoms with Gasteiger partial charge in [0, 0.05) is 0 Å². The van der Waals surface area contributed by atoms with Gasteiger partial charge in [-0.25, -0.2) is 0 Å². The number of hydrogen-bond donors (Lipinski definition) is 0. The van der Waals surface area contributed by atoms with E-state index in [2.05, 4.69) is 271 Å². The molecular formula is C69H58O2Os2P+. The van der Waals surface area contributed by atoms with Crippen LogP contribution in [0.4, 0.5) is 0 Å². The molecule has 366 valence electrons. The Bertz CT molecular complexity index is 3370. The van der Waals surface area contributed by atoms with Gasteiger partial charge >= 0.3 is 390 Å². The topological polar surface area (TPSA) is 18.5 Å². The molecule has 9 rings (SSSR count). The molecule has 7 aromatic carbocycles. The van der Waals surface area contributed by atoms with E-state index in [4.69, 9.17) is 9.47 Å². The molecule has 5 heteroatoms. The van der Waals surface area contributed by atoms with Gasteiger partial charge in [0.15, 0.2) is 0 Å². The van der Waals surface area contributed by atoms with Crippen molar-refractivity contribution in [2.75, 3.05) is 26.4 Å². The summed E-state index contributed by atoms with van der Waals surface area (Å²) in [6.07, 6.45) is 21.8. The molecule has 0 unspecified atom stereocenters. The molecule has 2 saturated heterocycles. The van der Waals surface area contributed by atoms with Crippen LogP contribution in [0.25, 0.3) is 46.6 Å². The molecule has 0 spiro atoms. The third-order valence-electron chi connectivity index (χ3n) is 13.5. The Morgan fingerprint density at radius 2 is 0.851 bits per heavy atom. The van der Waals surface area contributed by atoms with Gasteiger partial charge in [0.2, 0.25) is 0 Å². The van der Waals surface area contributed by atoms with Crippen molar-refractivity contribution in [3.8, 4) is 19.9 Å². The first-order valence-electron chi connectivity index (χ1n) is 25.0. The van der Waals surface area contributed by atoms with Crippen LogP contribution >= 0.6 is 7.26 Å². The summed E-state index contributed by atoms with van der Waals surface area (Å²) in [5.41, 5.74) is 17.5. The fourth-order valence-corrected chi connectivity index (χ4v) is 15.7. The second kappa shape index (κ2) is 25.6. The molecule has 2 nitrogen and oxygen atoms in total. The van der Waals surface area contributed by atoms with E-state index in [-0.39, 0.29) is 0 Å². The Kier molecular flexibility index (Phi) is 18.0. The fourth-order valence-electron chi connectivity index (χ4n) is 9.56. The molecule has 0 aliphatic carbocycles. The van der Waals surface area contributed by atoms with Crippen molar-refractivity contribution < 1.29 is 45.4 Å². The van der Waals surface area contributed by atoms with Crippen LogP contribution in [-0.2, 0) is 45.4 Å². The summed E-state index contributed by atoms with van der Waals surface area (Å²) in [5.74, 6) is 0. The standard InChI is InChI=1S/C69H58O2P.2Os/c1-6-18-53-27-31-55(32-28-53)35-36-56-33-29-54(30-34-56)19-17-20-62-48-71-50-64(62)45-68(51(3)4)60-41-37-58(38-42-60)59-39-43-61(44-40-59)69(46-63-49-70-47-57(63)7-2)52(5)72(65-21-11-8-12-22-65,66-23-13-9-14-24-66)67-25-15-10-16-26-67;;/h6-46H,47-50H2,1-3H3;;/q+1;;/b18-6+,19-17+,36-35+,57-7?,62-20?,63-46?,64-45?,68-51?,69-52?;;. The molecular weight excluding hydrogens is 1270 g/mol. The summed E-state index contributed by atoms with van der Waals surface area (Å²) >= 11 is 3.58. The Labute approximate surface area is 458 Å². The van der Waals surface area contributed by atoms with E-state index in [9.17, 15) is 0 Å². The van der Waals surface area contributed by atoms with Gasteiger partial charge in [0.25, 0.3) is 0 Å². The molecule has 0 saturated carbocycles. The minimum absolute atomic E-state index is 0.572. The van der Waals surface area contributed by atoms with Gasteiger partial charge in [-0.05, 0) is 23.6 Å². The zero-order valence-electron chi connectivity index (χ0n) is 42.0. The van der Waals surface area contributed by atoms with E-state index in [0.717, 1.165) is 44.5 Å². The zero-order valence-corrected chi connectivity index (χ0v) is 47.9. The SMILES string of the molecule is CC=C1COCC1=CC(=C([C]#[Os])[P+](c1ccccc1)(c1ccccc1)c1ccccc1)c1ccc(-c2ccc(C(C=C3COCC3=C/C=C/c3ccc(/C=C/c4ccc(/C=C/C)cc4)cc3)=C(C)[C]#[Os])cc2)cc1. The number of ether oxygens (including phenoxy) is 2. The van der Waals surface area contributed by atoms with Crippen molar-refractivity contribution >= 4 is 58.6 Å². The number of rotatable bonds is 14. The fraction of sp³-hybridized carbons (Fsp3) is 0.101. The zero-order chi connectivity index (χ0) is 51.1. The Hall–Kier alpha value is -6.62. The Morgan fingerprint density at radius 1 is 0.446 bits per heavy atom. The monoisotopic (exact) mass is 1330 g/mol. The van der Waals surface area contributed by atoms with E-state index in [1.165, 1.54) is 60.2 Å². The van der Waals surface area contributed by atoms with E-state index < -0.39 is 7.26 Å². The van der Waals surface area contributed by atoms with Crippen LogP contribution in [0.5, 0.6) is 0 Å². The van der Waals surface area contributed by atoms with E-state index >= 15 is 0 Å². The van der Waals surface area contributed by atoms with Gasteiger partial charge in [0.05, 0.1) is 0 Å². The Balaban J connectivity index is 1.00. The van der Waals surface area contributed by atoms with Crippen LogP contribution in [0, 0.1) is 8.74 Å². The van der Waals surface area contributed by atoms with Crippen molar-refractivity contribution in [2.24, 2.45) is 0 Å². The van der Waals surface area contributed by atoms with Gasteiger partial charge in [-0.15, -0.1) is 0 Å².